The molecule has 2 unspecified atom stereocenters. The van der Waals surface area contributed by atoms with Gasteiger partial charge in [0, 0.05) is 20.9 Å². The Labute approximate surface area is 227 Å². The third-order valence-corrected chi connectivity index (χ3v) is 7.50. The Kier molecular flexibility index (Phi) is 11.9. The van der Waals surface area contributed by atoms with Crippen LogP contribution in [0.5, 0.6) is 11.5 Å². The van der Waals surface area contributed by atoms with Gasteiger partial charge < -0.3 is 32.9 Å². The molecule has 0 bridgehead atoms. The molecule has 2 atom stereocenters. The van der Waals surface area contributed by atoms with Gasteiger partial charge in [-0.3, -0.25) is 14.2 Å². The molecule has 12 nitrogen and oxygen atoms in total. The van der Waals surface area contributed by atoms with E-state index in [0.717, 1.165) is 0 Å². The zero-order valence-corrected chi connectivity index (χ0v) is 23.3. The fourth-order valence-corrected chi connectivity index (χ4v) is 5.24. The van der Waals surface area contributed by atoms with Crippen LogP contribution in [0.15, 0.2) is 42.5 Å². The molecule has 3 rings (SSSR count). The second-order valence-electron chi connectivity index (χ2n) is 8.27. The summed E-state index contributed by atoms with van der Waals surface area (Å²) >= 11 is 0. The van der Waals surface area contributed by atoms with Crippen molar-refractivity contribution in [2.45, 2.75) is 12.8 Å². The molecule has 0 aromatic heterocycles. The van der Waals surface area contributed by atoms with Crippen molar-refractivity contribution in [1.82, 2.24) is 5.06 Å². The van der Waals surface area contributed by atoms with Crippen LogP contribution < -0.4 is 9.47 Å². The molecule has 1 aliphatic rings. The Bertz CT molecular complexity index is 1120. The summed E-state index contributed by atoms with van der Waals surface area (Å²) in [6.07, 6.45) is 0. The van der Waals surface area contributed by atoms with E-state index in [0.29, 0.717) is 42.8 Å². The maximum Gasteiger partial charge on any atom is 0.285 e. The van der Waals surface area contributed by atoms with Crippen molar-refractivity contribution in [2.24, 2.45) is 0 Å². The number of hydrogen-bond acceptors (Lipinski definition) is 11. The van der Waals surface area contributed by atoms with Gasteiger partial charge in [-0.1, -0.05) is 18.2 Å². The Morgan fingerprint density at radius 3 is 1.92 bits per heavy atom. The largest absolute Gasteiger partial charge is 0.464 e. The first kappa shape index (κ1) is 30.7. The van der Waals surface area contributed by atoms with Crippen LogP contribution in [-0.4, -0.2) is 84.4 Å². The Balaban J connectivity index is 1.89. The number of rotatable bonds is 18. The highest BCUT2D eigenvalue weighted by atomic mass is 31.2. The highest BCUT2D eigenvalue weighted by Gasteiger charge is 2.42. The van der Waals surface area contributed by atoms with Crippen molar-refractivity contribution < 1.29 is 51.9 Å². The molecule has 2 amide bonds. The SMILES string of the molecule is CCOP(C)(=O)C(ON1C(=O)c2ccccc2C1=O)c1ccc(OCOCCOC)c(OCOCCOC)c1. The summed E-state index contributed by atoms with van der Waals surface area (Å²) in [6.45, 7) is 4.37. The number of methoxy groups -OCH3 is 2. The quantitative estimate of drug-likeness (QED) is 0.113. The van der Waals surface area contributed by atoms with Crippen LogP contribution in [0.1, 0.15) is 39.0 Å². The monoisotopic (exact) mass is 567 g/mol. The summed E-state index contributed by atoms with van der Waals surface area (Å²) < 4.78 is 51.4. The van der Waals surface area contributed by atoms with E-state index in [-0.39, 0.29) is 37.1 Å². The molecule has 2 aromatic carbocycles. The molecular weight excluding hydrogens is 533 g/mol. The first-order valence-corrected chi connectivity index (χ1v) is 14.4. The number of fused-ring (bicyclic) bond motifs is 1. The van der Waals surface area contributed by atoms with E-state index < -0.39 is 25.0 Å². The lowest BCUT2D eigenvalue weighted by Crippen LogP contribution is -2.32. The van der Waals surface area contributed by atoms with Crippen molar-refractivity contribution in [3.8, 4) is 11.5 Å². The molecule has 0 saturated heterocycles. The minimum absolute atomic E-state index is 0.0796. The molecule has 2 aromatic rings. The van der Waals surface area contributed by atoms with Gasteiger partial charge in [-0.25, -0.2) is 4.84 Å². The third kappa shape index (κ3) is 8.09. The highest BCUT2D eigenvalue weighted by Crippen LogP contribution is 2.58. The highest BCUT2D eigenvalue weighted by molar-refractivity contribution is 7.58. The average Bonchev–Trinajstić information content (AvgIpc) is 3.16. The van der Waals surface area contributed by atoms with Crippen LogP contribution in [0.25, 0.3) is 0 Å². The summed E-state index contributed by atoms with van der Waals surface area (Å²) in [5.74, 6) is -2.09. The number of imide groups is 1. The Hall–Kier alpha value is -2.83. The van der Waals surface area contributed by atoms with E-state index in [2.05, 4.69) is 0 Å². The van der Waals surface area contributed by atoms with E-state index in [1.54, 1.807) is 45.4 Å². The summed E-state index contributed by atoms with van der Waals surface area (Å²) in [7, 11) is -0.468. The summed E-state index contributed by atoms with van der Waals surface area (Å²) in [5, 5.41) is 0.618. The number of amides is 2. The first-order valence-electron chi connectivity index (χ1n) is 12.2. The van der Waals surface area contributed by atoms with Gasteiger partial charge in [0.1, 0.15) is 0 Å². The second kappa shape index (κ2) is 15.1. The van der Waals surface area contributed by atoms with Gasteiger partial charge in [-0.05, 0) is 36.8 Å². The van der Waals surface area contributed by atoms with Crippen LogP contribution in [0.3, 0.4) is 0 Å². The van der Waals surface area contributed by atoms with Gasteiger partial charge in [0.2, 0.25) is 7.37 Å². The van der Waals surface area contributed by atoms with E-state index in [1.165, 1.54) is 24.9 Å². The zero-order chi connectivity index (χ0) is 28.3. The number of ether oxygens (including phenoxy) is 6. The van der Waals surface area contributed by atoms with Crippen molar-refractivity contribution >= 4 is 19.2 Å². The third-order valence-electron chi connectivity index (χ3n) is 5.49. The Morgan fingerprint density at radius 2 is 1.38 bits per heavy atom. The molecular formula is C26H34NO11P. The molecule has 0 fully saturated rings. The van der Waals surface area contributed by atoms with Gasteiger partial charge in [0.05, 0.1) is 44.2 Å². The van der Waals surface area contributed by atoms with E-state index in [1.807, 2.05) is 0 Å². The number of nitrogens with zero attached hydrogens (tertiary/aromatic N) is 1. The predicted octanol–water partition coefficient (Wildman–Crippen LogP) is 3.86. The lowest BCUT2D eigenvalue weighted by Gasteiger charge is -2.28. The smallest absolute Gasteiger partial charge is 0.285 e. The van der Waals surface area contributed by atoms with Crippen LogP contribution in [0.4, 0.5) is 0 Å². The van der Waals surface area contributed by atoms with Crippen LogP contribution >= 0.6 is 7.37 Å². The van der Waals surface area contributed by atoms with Gasteiger partial charge in [-0.2, -0.15) is 0 Å². The van der Waals surface area contributed by atoms with Gasteiger partial charge in [0.15, 0.2) is 30.9 Å². The maximum absolute atomic E-state index is 13.7. The van der Waals surface area contributed by atoms with Gasteiger partial charge in [0.25, 0.3) is 11.8 Å². The summed E-state index contributed by atoms with van der Waals surface area (Å²) in [6, 6.07) is 11.0. The van der Waals surface area contributed by atoms with Crippen molar-refractivity contribution in [3.63, 3.8) is 0 Å². The van der Waals surface area contributed by atoms with E-state index in [9.17, 15) is 14.2 Å². The van der Waals surface area contributed by atoms with Gasteiger partial charge in [-0.15, -0.1) is 5.06 Å². The molecule has 0 N–H and O–H groups in total. The fourth-order valence-electron chi connectivity index (χ4n) is 3.63. The minimum Gasteiger partial charge on any atom is -0.464 e. The van der Waals surface area contributed by atoms with Crippen LogP contribution in [0.2, 0.25) is 0 Å². The Morgan fingerprint density at radius 1 is 0.821 bits per heavy atom. The van der Waals surface area contributed by atoms with Crippen molar-refractivity contribution in [3.05, 3.63) is 59.2 Å². The van der Waals surface area contributed by atoms with E-state index in [4.69, 9.17) is 37.8 Å². The first-order chi connectivity index (χ1) is 18.8. The minimum atomic E-state index is -3.59. The molecule has 0 radical (unpaired) electrons. The zero-order valence-electron chi connectivity index (χ0n) is 22.5. The predicted molar refractivity (Wildman–Crippen MR) is 139 cm³/mol. The lowest BCUT2D eigenvalue weighted by atomic mass is 10.1. The van der Waals surface area contributed by atoms with Gasteiger partial charge >= 0.3 is 0 Å². The standard InChI is InChI=1S/C26H34NO11P/c1-5-37-39(4,30)26(38-27-24(28)20-8-6-7-9-21(20)25(27)29)19-10-11-22(35-17-33-14-12-31-2)23(16-19)36-18-34-15-13-32-3/h6-11,16,26H,5,12-15,17-18H2,1-4H3. The normalized spacial score (nSPS) is 15.2. The molecule has 39 heavy (non-hydrogen) atoms. The number of carbonyl (C=O) groups is 2. The molecule has 1 aliphatic heterocycles. The molecule has 1 heterocycles. The molecule has 0 spiro atoms. The number of hydroxylamine groups is 2. The van der Waals surface area contributed by atoms with Crippen molar-refractivity contribution in [1.29, 1.82) is 0 Å². The summed E-state index contributed by atoms with van der Waals surface area (Å²) in [4.78, 5) is 31.8. The summed E-state index contributed by atoms with van der Waals surface area (Å²) in [5.41, 5.74) is 0.710. The molecule has 0 saturated carbocycles. The van der Waals surface area contributed by atoms with Crippen molar-refractivity contribution in [2.75, 3.05) is 67.5 Å². The molecule has 214 valence electrons. The van der Waals surface area contributed by atoms with Crippen LogP contribution in [-0.2, 0) is 32.9 Å². The second-order valence-corrected chi connectivity index (χ2v) is 10.8. The molecule has 13 heteroatoms. The topological polar surface area (TPSA) is 128 Å². The maximum atomic E-state index is 13.7. The number of benzene rings is 2. The number of hydrogen-bond donors (Lipinski definition) is 0. The van der Waals surface area contributed by atoms with E-state index >= 15 is 0 Å². The molecule has 0 aliphatic carbocycles. The lowest BCUT2D eigenvalue weighted by molar-refractivity contribution is -0.110. The average molecular weight is 568 g/mol. The number of carbonyl (C=O) groups excluding carboxylic acids is 2. The van der Waals surface area contributed by atoms with Crippen LogP contribution in [0, 0.1) is 0 Å². The fraction of sp³-hybridized carbons (Fsp3) is 0.462.